The minimum absolute atomic E-state index is 0.510. The van der Waals surface area contributed by atoms with E-state index in [0.717, 1.165) is 24.6 Å². The summed E-state index contributed by atoms with van der Waals surface area (Å²) in [4.78, 5) is 2.45. The van der Waals surface area contributed by atoms with Gasteiger partial charge in [0, 0.05) is 24.7 Å². The fourth-order valence-electron chi connectivity index (χ4n) is 3.09. The van der Waals surface area contributed by atoms with Gasteiger partial charge >= 0.3 is 0 Å². The van der Waals surface area contributed by atoms with Crippen LogP contribution in [0.15, 0.2) is 18.2 Å². The standard InChI is InChI=1S/C17H28N2O2/c1-5-9-18-14-8-10-19(13(2)11-14)16-7-6-15(20-3)12-17(16)21-4/h6-7,12-14,18H,5,8-11H2,1-4H3. The molecule has 0 amide bonds. The number of anilines is 1. The Morgan fingerprint density at radius 1 is 1.29 bits per heavy atom. The second-order valence-corrected chi connectivity index (χ2v) is 5.76. The molecule has 21 heavy (non-hydrogen) atoms. The maximum Gasteiger partial charge on any atom is 0.145 e. The van der Waals surface area contributed by atoms with Crippen molar-refractivity contribution in [1.82, 2.24) is 5.32 Å². The maximum atomic E-state index is 5.54. The fraction of sp³-hybridized carbons (Fsp3) is 0.647. The molecule has 118 valence electrons. The van der Waals surface area contributed by atoms with E-state index in [-0.39, 0.29) is 0 Å². The van der Waals surface area contributed by atoms with Crippen LogP contribution in [0.2, 0.25) is 0 Å². The summed E-state index contributed by atoms with van der Waals surface area (Å²) in [6.45, 7) is 6.69. The maximum absolute atomic E-state index is 5.54. The molecule has 1 N–H and O–H groups in total. The van der Waals surface area contributed by atoms with Crippen molar-refractivity contribution in [1.29, 1.82) is 0 Å². The highest BCUT2D eigenvalue weighted by Gasteiger charge is 2.27. The van der Waals surface area contributed by atoms with Crippen LogP contribution in [0.5, 0.6) is 11.5 Å². The van der Waals surface area contributed by atoms with Crippen LogP contribution in [0.4, 0.5) is 5.69 Å². The van der Waals surface area contributed by atoms with Gasteiger partial charge in [-0.3, -0.25) is 0 Å². The highest BCUT2D eigenvalue weighted by Crippen LogP contribution is 2.35. The molecule has 1 aromatic carbocycles. The van der Waals surface area contributed by atoms with Crippen LogP contribution in [0.3, 0.4) is 0 Å². The molecule has 1 aliphatic heterocycles. The number of hydrogen-bond donors (Lipinski definition) is 1. The third kappa shape index (κ3) is 3.82. The highest BCUT2D eigenvalue weighted by atomic mass is 16.5. The SMILES string of the molecule is CCCNC1CCN(c2ccc(OC)cc2OC)C(C)C1. The molecule has 1 heterocycles. The van der Waals surface area contributed by atoms with Gasteiger partial charge in [-0.1, -0.05) is 6.92 Å². The zero-order valence-electron chi connectivity index (χ0n) is 13.7. The van der Waals surface area contributed by atoms with Crippen molar-refractivity contribution in [3.8, 4) is 11.5 Å². The van der Waals surface area contributed by atoms with Crippen molar-refractivity contribution < 1.29 is 9.47 Å². The van der Waals surface area contributed by atoms with Gasteiger partial charge in [0.25, 0.3) is 0 Å². The van der Waals surface area contributed by atoms with E-state index in [4.69, 9.17) is 9.47 Å². The Labute approximate surface area is 128 Å². The van der Waals surface area contributed by atoms with Gasteiger partial charge in [-0.15, -0.1) is 0 Å². The molecule has 0 aromatic heterocycles. The number of hydrogen-bond acceptors (Lipinski definition) is 4. The van der Waals surface area contributed by atoms with Crippen molar-refractivity contribution in [2.45, 2.75) is 45.2 Å². The summed E-state index contributed by atoms with van der Waals surface area (Å²) < 4.78 is 10.8. The topological polar surface area (TPSA) is 33.7 Å². The van der Waals surface area contributed by atoms with E-state index in [1.54, 1.807) is 14.2 Å². The van der Waals surface area contributed by atoms with Crippen molar-refractivity contribution in [2.75, 3.05) is 32.2 Å². The monoisotopic (exact) mass is 292 g/mol. The van der Waals surface area contributed by atoms with E-state index in [9.17, 15) is 0 Å². The second-order valence-electron chi connectivity index (χ2n) is 5.76. The fourth-order valence-corrected chi connectivity index (χ4v) is 3.09. The molecule has 1 aromatic rings. The predicted molar refractivity (Wildman–Crippen MR) is 87.7 cm³/mol. The molecule has 0 spiro atoms. The third-order valence-corrected chi connectivity index (χ3v) is 4.26. The quantitative estimate of drug-likeness (QED) is 0.874. The Morgan fingerprint density at radius 3 is 2.71 bits per heavy atom. The van der Waals surface area contributed by atoms with Gasteiger partial charge in [0.2, 0.25) is 0 Å². The van der Waals surface area contributed by atoms with Gasteiger partial charge in [-0.05, 0) is 44.9 Å². The first-order valence-corrected chi connectivity index (χ1v) is 7.91. The van der Waals surface area contributed by atoms with E-state index < -0.39 is 0 Å². The summed E-state index contributed by atoms with van der Waals surface area (Å²) in [5, 5.41) is 3.64. The molecule has 2 unspecified atom stereocenters. The molecule has 1 aliphatic rings. The van der Waals surface area contributed by atoms with Crippen molar-refractivity contribution in [3.05, 3.63) is 18.2 Å². The van der Waals surface area contributed by atoms with E-state index in [2.05, 4.69) is 30.1 Å². The van der Waals surface area contributed by atoms with Gasteiger partial charge in [-0.25, -0.2) is 0 Å². The molecule has 4 nitrogen and oxygen atoms in total. The van der Waals surface area contributed by atoms with Crippen LogP contribution in [0.1, 0.15) is 33.1 Å². The highest BCUT2D eigenvalue weighted by molar-refractivity contribution is 5.61. The minimum Gasteiger partial charge on any atom is -0.497 e. The van der Waals surface area contributed by atoms with Crippen LogP contribution in [0.25, 0.3) is 0 Å². The second kappa shape index (κ2) is 7.55. The van der Waals surface area contributed by atoms with Gasteiger partial charge in [0.1, 0.15) is 11.5 Å². The van der Waals surface area contributed by atoms with Crippen LogP contribution >= 0.6 is 0 Å². The Bertz CT molecular complexity index is 450. The number of ether oxygens (including phenoxy) is 2. The van der Waals surface area contributed by atoms with E-state index >= 15 is 0 Å². The number of nitrogens with zero attached hydrogens (tertiary/aromatic N) is 1. The Kier molecular flexibility index (Phi) is 5.74. The molecule has 2 atom stereocenters. The molecule has 4 heteroatoms. The van der Waals surface area contributed by atoms with Crippen molar-refractivity contribution in [2.24, 2.45) is 0 Å². The van der Waals surface area contributed by atoms with Crippen LogP contribution < -0.4 is 19.7 Å². The smallest absolute Gasteiger partial charge is 0.145 e. The summed E-state index contributed by atoms with van der Waals surface area (Å²) in [7, 11) is 3.40. The molecule has 1 saturated heterocycles. The zero-order chi connectivity index (χ0) is 15.2. The zero-order valence-corrected chi connectivity index (χ0v) is 13.7. The molecule has 1 fully saturated rings. The Balaban J connectivity index is 2.09. The lowest BCUT2D eigenvalue weighted by atomic mass is 9.97. The van der Waals surface area contributed by atoms with Crippen LogP contribution in [-0.2, 0) is 0 Å². The van der Waals surface area contributed by atoms with Crippen molar-refractivity contribution >= 4 is 5.69 Å². The van der Waals surface area contributed by atoms with E-state index in [1.807, 2.05) is 12.1 Å². The van der Waals surface area contributed by atoms with Crippen LogP contribution in [0, 0.1) is 0 Å². The lowest BCUT2D eigenvalue weighted by Gasteiger charge is -2.40. The first-order chi connectivity index (χ1) is 10.2. The largest absolute Gasteiger partial charge is 0.497 e. The Hall–Kier alpha value is -1.42. The Morgan fingerprint density at radius 2 is 2.10 bits per heavy atom. The number of methoxy groups -OCH3 is 2. The first kappa shape index (κ1) is 16.0. The summed E-state index contributed by atoms with van der Waals surface area (Å²) in [5.74, 6) is 1.73. The third-order valence-electron chi connectivity index (χ3n) is 4.26. The lowest BCUT2D eigenvalue weighted by Crippen LogP contribution is -2.47. The first-order valence-electron chi connectivity index (χ1n) is 7.91. The van der Waals surface area contributed by atoms with E-state index in [1.165, 1.54) is 24.9 Å². The van der Waals surface area contributed by atoms with Gasteiger partial charge < -0.3 is 19.7 Å². The van der Waals surface area contributed by atoms with Crippen LogP contribution in [-0.4, -0.2) is 39.4 Å². The summed E-state index contributed by atoms with van der Waals surface area (Å²) in [6.07, 6.45) is 3.55. The lowest BCUT2D eigenvalue weighted by molar-refractivity contribution is 0.360. The molecule has 0 bridgehead atoms. The molecular weight excluding hydrogens is 264 g/mol. The number of piperidine rings is 1. The molecular formula is C17H28N2O2. The normalized spacial score (nSPS) is 22.2. The van der Waals surface area contributed by atoms with Gasteiger partial charge in [-0.2, -0.15) is 0 Å². The number of benzene rings is 1. The van der Waals surface area contributed by atoms with Gasteiger partial charge in [0.15, 0.2) is 0 Å². The summed E-state index contributed by atoms with van der Waals surface area (Å²) in [6, 6.07) is 7.22. The van der Waals surface area contributed by atoms with Crippen molar-refractivity contribution in [3.63, 3.8) is 0 Å². The summed E-state index contributed by atoms with van der Waals surface area (Å²) in [5.41, 5.74) is 1.17. The minimum atomic E-state index is 0.510. The number of rotatable bonds is 6. The average Bonchev–Trinajstić information content (AvgIpc) is 2.52. The van der Waals surface area contributed by atoms with Gasteiger partial charge in [0.05, 0.1) is 19.9 Å². The molecule has 0 radical (unpaired) electrons. The summed E-state index contributed by atoms with van der Waals surface area (Å²) >= 11 is 0. The molecule has 2 rings (SSSR count). The predicted octanol–water partition coefficient (Wildman–Crippen LogP) is 3.06. The molecule has 0 saturated carbocycles. The number of nitrogens with one attached hydrogen (secondary N) is 1. The molecule has 0 aliphatic carbocycles. The van der Waals surface area contributed by atoms with E-state index in [0.29, 0.717) is 12.1 Å². The average molecular weight is 292 g/mol.